The average Bonchev–Trinajstić information content (AvgIpc) is 2.82. The van der Waals surface area contributed by atoms with Crippen LogP contribution in [0, 0.1) is 23.6 Å². The predicted molar refractivity (Wildman–Crippen MR) is 149 cm³/mol. The van der Waals surface area contributed by atoms with Crippen LogP contribution in [0.25, 0.3) is 0 Å². The van der Waals surface area contributed by atoms with E-state index in [0.29, 0.717) is 34.3 Å². The Morgan fingerprint density at radius 2 is 1.70 bits per heavy atom. The van der Waals surface area contributed by atoms with Crippen molar-refractivity contribution in [1.82, 2.24) is 5.32 Å². The van der Waals surface area contributed by atoms with Crippen LogP contribution in [0.15, 0.2) is 42.5 Å². The standard InChI is InChI=1S/C28H34ClFN2O3S2/c1-37(34,35)32(17-27(33)31-9-10-36-18-24-25(29)3-2-4-26(24)30)23-7-5-22(6-8-23)28-14-19-11-20(15-28)13-21(12-19)16-28/h2-8,19-21H,9-18H2,1H3,(H,31,33). The van der Waals surface area contributed by atoms with Crippen LogP contribution in [-0.4, -0.2) is 39.4 Å². The quantitative estimate of drug-likeness (QED) is 0.372. The second kappa shape index (κ2) is 10.8. The van der Waals surface area contributed by atoms with E-state index in [1.807, 2.05) is 12.1 Å². The molecule has 0 unspecified atom stereocenters. The Kier molecular flexibility index (Phi) is 7.81. The number of anilines is 1. The molecular weight excluding hydrogens is 531 g/mol. The molecule has 6 rings (SSSR count). The van der Waals surface area contributed by atoms with Crippen molar-refractivity contribution in [3.63, 3.8) is 0 Å². The smallest absolute Gasteiger partial charge is 0.240 e. The van der Waals surface area contributed by atoms with Crippen molar-refractivity contribution in [3.05, 3.63) is 64.4 Å². The summed E-state index contributed by atoms with van der Waals surface area (Å²) in [5.74, 6) is 2.74. The molecule has 0 saturated heterocycles. The SMILES string of the molecule is CS(=O)(=O)N(CC(=O)NCCSCc1c(F)cccc1Cl)c1ccc(C23CC4CC(CC(C4)C2)C3)cc1. The minimum absolute atomic E-state index is 0.241. The lowest BCUT2D eigenvalue weighted by atomic mass is 9.48. The number of amides is 1. The van der Waals surface area contributed by atoms with Gasteiger partial charge >= 0.3 is 0 Å². The number of nitrogens with zero attached hydrogens (tertiary/aromatic N) is 1. The summed E-state index contributed by atoms with van der Waals surface area (Å²) in [6.45, 7) is 0.0669. The molecule has 0 heterocycles. The van der Waals surface area contributed by atoms with E-state index >= 15 is 0 Å². The molecule has 200 valence electrons. The minimum atomic E-state index is -3.64. The summed E-state index contributed by atoms with van der Waals surface area (Å²) in [4.78, 5) is 12.6. The van der Waals surface area contributed by atoms with E-state index < -0.39 is 10.0 Å². The van der Waals surface area contributed by atoms with Crippen LogP contribution < -0.4 is 9.62 Å². The number of hydrogen-bond donors (Lipinski definition) is 1. The fraction of sp³-hybridized carbons (Fsp3) is 0.536. The van der Waals surface area contributed by atoms with Crippen LogP contribution >= 0.6 is 23.4 Å². The highest BCUT2D eigenvalue weighted by Gasteiger charge is 2.51. The lowest BCUT2D eigenvalue weighted by Crippen LogP contribution is -2.48. The molecular formula is C28H34ClFN2O3S2. The van der Waals surface area contributed by atoms with Crippen LogP contribution in [-0.2, 0) is 26.0 Å². The van der Waals surface area contributed by atoms with Gasteiger partial charge in [-0.15, -0.1) is 0 Å². The zero-order chi connectivity index (χ0) is 26.2. The van der Waals surface area contributed by atoms with E-state index in [2.05, 4.69) is 17.4 Å². The van der Waals surface area contributed by atoms with E-state index in [0.717, 1.165) is 28.3 Å². The number of nitrogens with one attached hydrogen (secondary N) is 1. The average molecular weight is 565 g/mol. The predicted octanol–water partition coefficient (Wildman–Crippen LogP) is 5.76. The molecule has 9 heteroatoms. The maximum absolute atomic E-state index is 13.9. The largest absolute Gasteiger partial charge is 0.354 e. The number of rotatable bonds is 10. The van der Waals surface area contributed by atoms with Gasteiger partial charge in [0.25, 0.3) is 0 Å². The second-order valence-corrected chi connectivity index (χ2v) is 14.5. The fourth-order valence-electron chi connectivity index (χ4n) is 7.14. The van der Waals surface area contributed by atoms with Crippen LogP contribution in [0.3, 0.4) is 0 Å². The number of carbonyl (C=O) groups excluding carboxylic acids is 1. The van der Waals surface area contributed by atoms with E-state index in [-0.39, 0.29) is 23.7 Å². The summed E-state index contributed by atoms with van der Waals surface area (Å²) >= 11 is 7.50. The first-order chi connectivity index (χ1) is 17.6. The number of carbonyl (C=O) groups is 1. The van der Waals surface area contributed by atoms with Gasteiger partial charge in [-0.1, -0.05) is 29.8 Å². The van der Waals surface area contributed by atoms with Gasteiger partial charge in [-0.3, -0.25) is 9.10 Å². The second-order valence-electron chi connectivity index (χ2n) is 11.1. The molecule has 0 aromatic heterocycles. The molecule has 0 spiro atoms. The Morgan fingerprint density at radius 1 is 1.08 bits per heavy atom. The maximum atomic E-state index is 13.9. The molecule has 4 bridgehead atoms. The van der Waals surface area contributed by atoms with E-state index in [9.17, 15) is 17.6 Å². The Morgan fingerprint density at radius 3 is 2.27 bits per heavy atom. The highest BCUT2D eigenvalue weighted by molar-refractivity contribution is 7.98. The lowest BCUT2D eigenvalue weighted by molar-refractivity contribution is -0.119. The number of sulfonamides is 1. The Hall–Kier alpha value is -1.77. The highest BCUT2D eigenvalue weighted by atomic mass is 35.5. The minimum Gasteiger partial charge on any atom is -0.354 e. The summed E-state index contributed by atoms with van der Waals surface area (Å²) in [6, 6.07) is 12.5. The van der Waals surface area contributed by atoms with Crippen molar-refractivity contribution in [1.29, 1.82) is 0 Å². The van der Waals surface area contributed by atoms with Crippen LogP contribution in [0.5, 0.6) is 0 Å². The maximum Gasteiger partial charge on any atom is 0.240 e. The van der Waals surface area contributed by atoms with Crippen LogP contribution in [0.4, 0.5) is 10.1 Å². The van der Waals surface area contributed by atoms with Crippen molar-refractivity contribution in [2.45, 2.75) is 49.7 Å². The molecule has 2 aromatic carbocycles. The first-order valence-corrected chi connectivity index (χ1v) is 16.4. The summed E-state index contributed by atoms with van der Waals surface area (Å²) < 4.78 is 40.2. The molecule has 4 aliphatic carbocycles. The molecule has 4 fully saturated rings. The van der Waals surface area contributed by atoms with Gasteiger partial charge in [-0.05, 0) is 91.5 Å². The van der Waals surface area contributed by atoms with Gasteiger partial charge < -0.3 is 5.32 Å². The lowest BCUT2D eigenvalue weighted by Gasteiger charge is -2.57. The summed E-state index contributed by atoms with van der Waals surface area (Å²) in [7, 11) is -3.64. The normalized spacial score (nSPS) is 26.3. The molecule has 4 saturated carbocycles. The zero-order valence-corrected chi connectivity index (χ0v) is 23.5. The molecule has 1 amide bonds. The van der Waals surface area contributed by atoms with Gasteiger partial charge in [0.05, 0.1) is 11.9 Å². The number of halogens is 2. The van der Waals surface area contributed by atoms with Gasteiger partial charge in [0.2, 0.25) is 15.9 Å². The van der Waals surface area contributed by atoms with Crippen LogP contribution in [0.2, 0.25) is 5.02 Å². The summed E-state index contributed by atoms with van der Waals surface area (Å²) in [5, 5.41) is 3.16. The molecule has 37 heavy (non-hydrogen) atoms. The molecule has 0 atom stereocenters. The first-order valence-electron chi connectivity index (χ1n) is 13.0. The summed E-state index contributed by atoms with van der Waals surface area (Å²) in [6.07, 6.45) is 9.01. The molecule has 5 nitrogen and oxygen atoms in total. The van der Waals surface area contributed by atoms with Crippen molar-refractivity contribution >= 4 is 45.0 Å². The molecule has 0 aliphatic heterocycles. The van der Waals surface area contributed by atoms with Crippen molar-refractivity contribution in [2.75, 3.05) is 29.4 Å². The Bertz CT molecular complexity index is 1200. The van der Waals surface area contributed by atoms with E-state index in [1.165, 1.54) is 61.9 Å². The van der Waals surface area contributed by atoms with Crippen molar-refractivity contribution in [2.24, 2.45) is 17.8 Å². The fourth-order valence-corrected chi connectivity index (χ4v) is 9.19. The third-order valence-electron chi connectivity index (χ3n) is 8.37. The van der Waals surface area contributed by atoms with E-state index in [4.69, 9.17) is 11.6 Å². The van der Waals surface area contributed by atoms with Crippen molar-refractivity contribution in [3.8, 4) is 0 Å². The number of thioether (sulfide) groups is 1. The monoisotopic (exact) mass is 564 g/mol. The third-order valence-corrected chi connectivity index (χ3v) is 10.9. The highest BCUT2D eigenvalue weighted by Crippen LogP contribution is 2.60. The Labute approximate surface area is 228 Å². The number of benzene rings is 2. The third kappa shape index (κ3) is 5.96. The van der Waals surface area contributed by atoms with Gasteiger partial charge in [0.15, 0.2) is 0 Å². The van der Waals surface area contributed by atoms with Crippen LogP contribution in [0.1, 0.15) is 49.7 Å². The van der Waals surface area contributed by atoms with Gasteiger partial charge in [0.1, 0.15) is 12.4 Å². The van der Waals surface area contributed by atoms with Gasteiger partial charge in [-0.25, -0.2) is 12.8 Å². The first kappa shape index (κ1) is 26.8. The van der Waals surface area contributed by atoms with Crippen molar-refractivity contribution < 1.29 is 17.6 Å². The zero-order valence-electron chi connectivity index (χ0n) is 21.1. The van der Waals surface area contributed by atoms with Gasteiger partial charge in [0, 0.05) is 28.6 Å². The molecule has 1 N–H and O–H groups in total. The summed E-state index contributed by atoms with van der Waals surface area (Å²) in [5.41, 5.74) is 2.51. The molecule has 4 aliphatic rings. The topological polar surface area (TPSA) is 66.5 Å². The molecule has 2 aromatic rings. The molecule has 0 radical (unpaired) electrons. The Balaban J connectivity index is 1.17. The van der Waals surface area contributed by atoms with Gasteiger partial charge in [-0.2, -0.15) is 11.8 Å². The number of hydrogen-bond acceptors (Lipinski definition) is 4. The van der Waals surface area contributed by atoms with E-state index in [1.54, 1.807) is 12.1 Å².